The molecule has 1 fully saturated rings. The molecule has 0 amide bonds. The first-order valence-electron chi connectivity index (χ1n) is 6.13. The summed E-state index contributed by atoms with van der Waals surface area (Å²) in [5, 5.41) is 3.52. The standard InChI is InChI=1S/C14H21NS/c1-11-6-3-4-8-13(11)14(15-2)12-7-5-9-16-10-12/h3-4,6,8,12,14-15H,5,7,9-10H2,1-2H3. The second-order valence-corrected chi connectivity index (χ2v) is 5.75. The Hall–Kier alpha value is -0.470. The number of benzene rings is 1. The predicted molar refractivity (Wildman–Crippen MR) is 73.0 cm³/mol. The molecule has 2 heteroatoms. The average molecular weight is 235 g/mol. The SMILES string of the molecule is CNC(c1ccccc1C)C1CCCSC1. The molecule has 16 heavy (non-hydrogen) atoms. The summed E-state index contributed by atoms with van der Waals surface area (Å²) in [7, 11) is 2.09. The molecule has 0 spiro atoms. The highest BCUT2D eigenvalue weighted by atomic mass is 32.2. The lowest BCUT2D eigenvalue weighted by Crippen LogP contribution is -2.29. The van der Waals surface area contributed by atoms with Crippen molar-refractivity contribution < 1.29 is 0 Å². The van der Waals surface area contributed by atoms with Crippen molar-refractivity contribution in [2.24, 2.45) is 5.92 Å². The molecule has 1 aliphatic heterocycles. The van der Waals surface area contributed by atoms with Crippen molar-refractivity contribution in [3.63, 3.8) is 0 Å². The van der Waals surface area contributed by atoms with Crippen LogP contribution in [-0.4, -0.2) is 18.6 Å². The van der Waals surface area contributed by atoms with E-state index in [4.69, 9.17) is 0 Å². The fraction of sp³-hybridized carbons (Fsp3) is 0.571. The van der Waals surface area contributed by atoms with E-state index in [0.717, 1.165) is 5.92 Å². The number of thioether (sulfide) groups is 1. The first kappa shape index (κ1) is 12.0. The van der Waals surface area contributed by atoms with E-state index >= 15 is 0 Å². The molecule has 0 saturated carbocycles. The van der Waals surface area contributed by atoms with E-state index in [1.54, 1.807) is 0 Å². The van der Waals surface area contributed by atoms with E-state index in [-0.39, 0.29) is 0 Å². The lowest BCUT2D eigenvalue weighted by Gasteiger charge is -2.31. The van der Waals surface area contributed by atoms with E-state index in [9.17, 15) is 0 Å². The summed E-state index contributed by atoms with van der Waals surface area (Å²) < 4.78 is 0. The first-order valence-corrected chi connectivity index (χ1v) is 7.29. The zero-order valence-electron chi connectivity index (χ0n) is 10.2. The molecule has 88 valence electrons. The molecular formula is C14H21NS. The molecule has 1 nitrogen and oxygen atoms in total. The van der Waals surface area contributed by atoms with Crippen LogP contribution in [0.2, 0.25) is 0 Å². The Bertz CT molecular complexity index is 331. The van der Waals surface area contributed by atoms with E-state index < -0.39 is 0 Å². The van der Waals surface area contributed by atoms with Gasteiger partial charge in [0, 0.05) is 6.04 Å². The molecule has 1 aromatic carbocycles. The Morgan fingerprint density at radius 3 is 2.81 bits per heavy atom. The van der Waals surface area contributed by atoms with Gasteiger partial charge in [-0.15, -0.1) is 0 Å². The van der Waals surface area contributed by atoms with Crippen LogP contribution >= 0.6 is 11.8 Å². The highest BCUT2D eigenvalue weighted by Gasteiger charge is 2.24. The van der Waals surface area contributed by atoms with Gasteiger partial charge < -0.3 is 5.32 Å². The molecule has 2 unspecified atom stereocenters. The van der Waals surface area contributed by atoms with Crippen LogP contribution < -0.4 is 5.32 Å². The van der Waals surface area contributed by atoms with Gasteiger partial charge in [-0.2, -0.15) is 11.8 Å². The Morgan fingerprint density at radius 2 is 2.19 bits per heavy atom. The summed E-state index contributed by atoms with van der Waals surface area (Å²) in [6, 6.07) is 9.31. The third-order valence-corrected chi connectivity index (χ3v) is 4.74. The van der Waals surface area contributed by atoms with Gasteiger partial charge in [0.05, 0.1) is 0 Å². The molecule has 0 aliphatic carbocycles. The maximum Gasteiger partial charge on any atom is 0.0356 e. The van der Waals surface area contributed by atoms with Gasteiger partial charge in [0.25, 0.3) is 0 Å². The van der Waals surface area contributed by atoms with Crippen molar-refractivity contribution in [1.29, 1.82) is 0 Å². The monoisotopic (exact) mass is 235 g/mol. The zero-order chi connectivity index (χ0) is 11.4. The van der Waals surface area contributed by atoms with Crippen molar-refractivity contribution in [2.45, 2.75) is 25.8 Å². The molecule has 2 atom stereocenters. The van der Waals surface area contributed by atoms with Gasteiger partial charge in [-0.3, -0.25) is 0 Å². The van der Waals surface area contributed by atoms with Gasteiger partial charge in [0.15, 0.2) is 0 Å². The van der Waals surface area contributed by atoms with E-state index in [1.165, 1.54) is 35.5 Å². The highest BCUT2D eigenvalue weighted by molar-refractivity contribution is 7.99. The summed E-state index contributed by atoms with van der Waals surface area (Å²) >= 11 is 2.11. The Balaban J connectivity index is 2.18. The lowest BCUT2D eigenvalue weighted by molar-refractivity contribution is 0.383. The second kappa shape index (κ2) is 5.74. The number of nitrogens with one attached hydrogen (secondary N) is 1. The molecular weight excluding hydrogens is 214 g/mol. The summed E-state index contributed by atoms with van der Waals surface area (Å²) in [6.07, 6.45) is 2.74. The quantitative estimate of drug-likeness (QED) is 0.862. The minimum absolute atomic E-state index is 0.536. The van der Waals surface area contributed by atoms with Crippen LogP contribution in [0, 0.1) is 12.8 Å². The largest absolute Gasteiger partial charge is 0.313 e. The average Bonchev–Trinajstić information content (AvgIpc) is 2.34. The third-order valence-electron chi connectivity index (χ3n) is 3.50. The van der Waals surface area contributed by atoms with Gasteiger partial charge in [-0.05, 0) is 55.4 Å². The van der Waals surface area contributed by atoms with Crippen LogP contribution in [-0.2, 0) is 0 Å². The molecule has 1 aliphatic rings. The minimum Gasteiger partial charge on any atom is -0.313 e. The van der Waals surface area contributed by atoms with Gasteiger partial charge in [0.2, 0.25) is 0 Å². The van der Waals surface area contributed by atoms with Crippen LogP contribution in [0.15, 0.2) is 24.3 Å². The molecule has 1 saturated heterocycles. The molecule has 0 aromatic heterocycles. The van der Waals surface area contributed by atoms with Crippen LogP contribution in [0.25, 0.3) is 0 Å². The highest BCUT2D eigenvalue weighted by Crippen LogP contribution is 2.33. The topological polar surface area (TPSA) is 12.0 Å². The Kier molecular flexibility index (Phi) is 4.30. The van der Waals surface area contributed by atoms with Crippen LogP contribution in [0.4, 0.5) is 0 Å². The summed E-state index contributed by atoms with van der Waals surface area (Å²) in [6.45, 7) is 2.22. The van der Waals surface area contributed by atoms with Crippen molar-refractivity contribution in [1.82, 2.24) is 5.32 Å². The van der Waals surface area contributed by atoms with E-state index in [2.05, 4.69) is 55.3 Å². The normalized spacial score (nSPS) is 23.0. The summed E-state index contributed by atoms with van der Waals surface area (Å²) in [5.41, 5.74) is 2.90. The number of hydrogen-bond donors (Lipinski definition) is 1. The van der Waals surface area contributed by atoms with Crippen LogP contribution in [0.3, 0.4) is 0 Å². The number of rotatable bonds is 3. The zero-order valence-corrected chi connectivity index (χ0v) is 11.0. The molecule has 1 N–H and O–H groups in total. The molecule has 0 radical (unpaired) electrons. The van der Waals surface area contributed by atoms with E-state index in [1.807, 2.05) is 0 Å². The van der Waals surface area contributed by atoms with Gasteiger partial charge >= 0.3 is 0 Å². The fourth-order valence-electron chi connectivity index (χ4n) is 2.61. The smallest absolute Gasteiger partial charge is 0.0356 e. The molecule has 0 bridgehead atoms. The van der Waals surface area contributed by atoms with Crippen molar-refractivity contribution in [2.75, 3.05) is 18.6 Å². The molecule has 1 aromatic rings. The number of aryl methyl sites for hydroxylation is 1. The van der Waals surface area contributed by atoms with Crippen LogP contribution in [0.1, 0.15) is 30.0 Å². The van der Waals surface area contributed by atoms with Crippen LogP contribution in [0.5, 0.6) is 0 Å². The second-order valence-electron chi connectivity index (χ2n) is 4.60. The van der Waals surface area contributed by atoms with Crippen molar-refractivity contribution in [3.8, 4) is 0 Å². The van der Waals surface area contributed by atoms with Gasteiger partial charge in [0.1, 0.15) is 0 Å². The minimum atomic E-state index is 0.536. The summed E-state index contributed by atoms with van der Waals surface area (Å²) in [5.74, 6) is 3.45. The molecule has 1 heterocycles. The van der Waals surface area contributed by atoms with Crippen molar-refractivity contribution in [3.05, 3.63) is 35.4 Å². The maximum absolute atomic E-state index is 3.52. The first-order chi connectivity index (χ1) is 7.83. The van der Waals surface area contributed by atoms with Gasteiger partial charge in [-0.25, -0.2) is 0 Å². The number of hydrogen-bond acceptors (Lipinski definition) is 2. The summed E-state index contributed by atoms with van der Waals surface area (Å²) in [4.78, 5) is 0. The molecule has 2 rings (SSSR count). The fourth-order valence-corrected chi connectivity index (χ4v) is 3.81. The van der Waals surface area contributed by atoms with E-state index in [0.29, 0.717) is 6.04 Å². The Morgan fingerprint density at radius 1 is 1.38 bits per heavy atom. The maximum atomic E-state index is 3.52. The lowest BCUT2D eigenvalue weighted by atomic mass is 9.88. The predicted octanol–water partition coefficient (Wildman–Crippen LogP) is 3.40. The third kappa shape index (κ3) is 2.61. The van der Waals surface area contributed by atoms with Gasteiger partial charge in [-0.1, -0.05) is 24.3 Å². The Labute approximate surface area is 103 Å². The van der Waals surface area contributed by atoms with Crippen molar-refractivity contribution >= 4 is 11.8 Å².